The molecule has 2 N–H and O–H groups in total. The van der Waals surface area contributed by atoms with Crippen LogP contribution in [0, 0.1) is 0 Å². The molecule has 0 aliphatic carbocycles. The molecule has 1 rings (SSSR count). The number of ether oxygens (including phenoxy) is 2. The molecule has 0 aliphatic rings. The van der Waals surface area contributed by atoms with Gasteiger partial charge in [-0.25, -0.2) is 0 Å². The van der Waals surface area contributed by atoms with E-state index in [1.54, 1.807) is 0 Å². The summed E-state index contributed by atoms with van der Waals surface area (Å²) in [7, 11) is 2.87. The van der Waals surface area contributed by atoms with Gasteiger partial charge in [-0.2, -0.15) is 13.2 Å². The van der Waals surface area contributed by atoms with Crippen LogP contribution in [-0.2, 0) is 0 Å². The highest BCUT2D eigenvalue weighted by molar-refractivity contribution is 5.43. The molecule has 1 unspecified atom stereocenters. The van der Waals surface area contributed by atoms with E-state index in [9.17, 15) is 13.2 Å². The fourth-order valence-electron chi connectivity index (χ4n) is 1.45. The van der Waals surface area contributed by atoms with Crippen LogP contribution in [0.1, 0.15) is 18.0 Å². The van der Waals surface area contributed by atoms with E-state index in [2.05, 4.69) is 0 Å². The fraction of sp³-hybridized carbons (Fsp3) is 0.455. The number of benzene rings is 1. The maximum Gasteiger partial charge on any atom is 0.390 e. The first kappa shape index (κ1) is 13.6. The Hall–Kier alpha value is -1.43. The van der Waals surface area contributed by atoms with Gasteiger partial charge in [0.25, 0.3) is 0 Å². The molecule has 0 aliphatic heterocycles. The van der Waals surface area contributed by atoms with Gasteiger partial charge in [0.05, 0.1) is 20.6 Å². The summed E-state index contributed by atoms with van der Waals surface area (Å²) in [6, 6.07) is 3.38. The molecule has 0 fully saturated rings. The zero-order chi connectivity index (χ0) is 13.1. The summed E-state index contributed by atoms with van der Waals surface area (Å²) in [5.41, 5.74) is 5.84. The van der Waals surface area contributed by atoms with Crippen molar-refractivity contribution in [2.75, 3.05) is 14.2 Å². The van der Waals surface area contributed by atoms with E-state index in [1.165, 1.54) is 32.4 Å². The number of methoxy groups -OCH3 is 2. The van der Waals surface area contributed by atoms with Crippen LogP contribution >= 0.6 is 0 Å². The van der Waals surface area contributed by atoms with E-state index < -0.39 is 18.6 Å². The van der Waals surface area contributed by atoms with Crippen molar-refractivity contribution in [1.82, 2.24) is 0 Å². The molecule has 1 aromatic rings. The van der Waals surface area contributed by atoms with Gasteiger partial charge >= 0.3 is 6.18 Å². The molecule has 1 aromatic carbocycles. The largest absolute Gasteiger partial charge is 0.493 e. The van der Waals surface area contributed by atoms with Gasteiger partial charge in [0.15, 0.2) is 11.5 Å². The molecule has 0 saturated heterocycles. The maximum absolute atomic E-state index is 12.2. The summed E-state index contributed by atoms with van der Waals surface area (Å²) in [6.45, 7) is 0. The van der Waals surface area contributed by atoms with Gasteiger partial charge in [-0.3, -0.25) is 0 Å². The normalized spacial score (nSPS) is 13.3. The lowest BCUT2D eigenvalue weighted by molar-refractivity contribution is -0.138. The highest BCUT2D eigenvalue weighted by Gasteiger charge is 2.31. The number of rotatable bonds is 4. The van der Waals surface area contributed by atoms with Crippen molar-refractivity contribution < 1.29 is 22.6 Å². The first-order valence-corrected chi connectivity index (χ1v) is 4.91. The van der Waals surface area contributed by atoms with Crippen LogP contribution in [0.25, 0.3) is 0 Å². The minimum absolute atomic E-state index is 0.361. The van der Waals surface area contributed by atoms with E-state index in [1.807, 2.05) is 0 Å². The highest BCUT2D eigenvalue weighted by atomic mass is 19.4. The molecule has 3 nitrogen and oxygen atoms in total. The lowest BCUT2D eigenvalue weighted by Gasteiger charge is -2.16. The molecular formula is C11H14F3NO2. The zero-order valence-electron chi connectivity index (χ0n) is 9.54. The second kappa shape index (κ2) is 5.27. The van der Waals surface area contributed by atoms with Gasteiger partial charge in [0.1, 0.15) is 0 Å². The molecule has 0 spiro atoms. The van der Waals surface area contributed by atoms with E-state index >= 15 is 0 Å². The van der Waals surface area contributed by atoms with Crippen molar-refractivity contribution >= 4 is 0 Å². The smallest absolute Gasteiger partial charge is 0.390 e. The lowest BCUT2D eigenvalue weighted by atomic mass is 10.0. The number of alkyl halides is 3. The third-order valence-corrected chi connectivity index (χ3v) is 2.29. The molecule has 1 atom stereocenters. The van der Waals surface area contributed by atoms with Crippen LogP contribution in [0.3, 0.4) is 0 Å². The van der Waals surface area contributed by atoms with Crippen LogP contribution in [0.4, 0.5) is 13.2 Å². The van der Waals surface area contributed by atoms with E-state index in [4.69, 9.17) is 15.2 Å². The van der Waals surface area contributed by atoms with Crippen molar-refractivity contribution in [3.8, 4) is 11.5 Å². The Balaban J connectivity index is 2.92. The summed E-state index contributed by atoms with van der Waals surface area (Å²) >= 11 is 0. The second-order valence-corrected chi connectivity index (χ2v) is 3.54. The molecule has 0 amide bonds. The van der Waals surface area contributed by atoms with Crippen LogP contribution < -0.4 is 15.2 Å². The molecule has 0 radical (unpaired) electrons. The van der Waals surface area contributed by atoms with E-state index in [0.717, 1.165) is 0 Å². The average Bonchev–Trinajstić information content (AvgIpc) is 2.25. The molecule has 0 heterocycles. The Bertz CT molecular complexity index is 379. The fourth-order valence-corrected chi connectivity index (χ4v) is 1.45. The molecule has 96 valence electrons. The summed E-state index contributed by atoms with van der Waals surface area (Å²) in [4.78, 5) is 0. The Labute approximate surface area is 97.3 Å². The predicted molar refractivity (Wildman–Crippen MR) is 57.1 cm³/mol. The third-order valence-electron chi connectivity index (χ3n) is 2.29. The topological polar surface area (TPSA) is 44.5 Å². The summed E-state index contributed by atoms with van der Waals surface area (Å²) in [5, 5.41) is 0. The van der Waals surface area contributed by atoms with Gasteiger partial charge in [0.2, 0.25) is 0 Å². The summed E-state index contributed by atoms with van der Waals surface area (Å²) < 4.78 is 46.5. The van der Waals surface area contributed by atoms with Crippen molar-refractivity contribution in [2.24, 2.45) is 5.73 Å². The molecule has 0 saturated carbocycles. The van der Waals surface area contributed by atoms with Crippen molar-refractivity contribution in [2.45, 2.75) is 18.6 Å². The Morgan fingerprint density at radius 3 is 2.24 bits per heavy atom. The number of nitrogens with two attached hydrogens (primary N) is 1. The molecule has 6 heteroatoms. The molecule has 0 bridgehead atoms. The predicted octanol–water partition coefficient (Wildman–Crippen LogP) is 2.66. The van der Waals surface area contributed by atoms with Gasteiger partial charge in [-0.1, -0.05) is 6.07 Å². The molecule has 17 heavy (non-hydrogen) atoms. The van der Waals surface area contributed by atoms with Crippen LogP contribution in [0.2, 0.25) is 0 Å². The van der Waals surface area contributed by atoms with Crippen LogP contribution in [0.15, 0.2) is 18.2 Å². The maximum atomic E-state index is 12.2. The van der Waals surface area contributed by atoms with Gasteiger partial charge < -0.3 is 15.2 Å². The summed E-state index contributed by atoms with van der Waals surface area (Å²) in [6.07, 6.45) is -5.35. The average molecular weight is 249 g/mol. The Kier molecular flexibility index (Phi) is 4.22. The number of hydrogen-bond donors (Lipinski definition) is 1. The van der Waals surface area contributed by atoms with Gasteiger partial charge in [-0.05, 0) is 17.7 Å². The standard InChI is InChI=1S/C11H14F3NO2/c1-16-9-4-3-7(5-10(9)17-2)8(15)6-11(12,13)14/h3-5,8H,6,15H2,1-2H3. The molecule has 0 aromatic heterocycles. The Morgan fingerprint density at radius 2 is 1.76 bits per heavy atom. The number of halogens is 3. The van der Waals surface area contributed by atoms with Crippen molar-refractivity contribution in [3.05, 3.63) is 23.8 Å². The quantitative estimate of drug-likeness (QED) is 0.892. The van der Waals surface area contributed by atoms with Crippen molar-refractivity contribution in [3.63, 3.8) is 0 Å². The minimum Gasteiger partial charge on any atom is -0.493 e. The minimum atomic E-state index is -4.29. The summed E-state index contributed by atoms with van der Waals surface area (Å²) in [5.74, 6) is 0.818. The van der Waals surface area contributed by atoms with Crippen LogP contribution in [0.5, 0.6) is 11.5 Å². The Morgan fingerprint density at radius 1 is 1.18 bits per heavy atom. The first-order valence-electron chi connectivity index (χ1n) is 4.91. The van der Waals surface area contributed by atoms with Gasteiger partial charge in [0, 0.05) is 6.04 Å². The zero-order valence-corrected chi connectivity index (χ0v) is 9.54. The highest BCUT2D eigenvalue weighted by Crippen LogP contribution is 2.33. The van der Waals surface area contributed by atoms with Crippen LogP contribution in [-0.4, -0.2) is 20.4 Å². The number of hydrogen-bond acceptors (Lipinski definition) is 3. The van der Waals surface area contributed by atoms with E-state index in [-0.39, 0.29) is 0 Å². The monoisotopic (exact) mass is 249 g/mol. The SMILES string of the molecule is COc1ccc(C(N)CC(F)(F)F)cc1OC. The second-order valence-electron chi connectivity index (χ2n) is 3.54. The first-order chi connectivity index (χ1) is 7.87. The van der Waals surface area contributed by atoms with Crippen molar-refractivity contribution in [1.29, 1.82) is 0 Å². The molecular weight excluding hydrogens is 235 g/mol. The van der Waals surface area contributed by atoms with E-state index in [0.29, 0.717) is 17.1 Å². The van der Waals surface area contributed by atoms with Gasteiger partial charge in [-0.15, -0.1) is 0 Å². The third kappa shape index (κ3) is 3.81. The lowest BCUT2D eigenvalue weighted by Crippen LogP contribution is -2.20.